The number of rotatable bonds is 8. The molecule has 38 heavy (non-hydrogen) atoms. The summed E-state index contributed by atoms with van der Waals surface area (Å²) in [5.74, 6) is 0.697. The number of hydrogen-bond acceptors (Lipinski definition) is 5. The molecule has 0 bridgehead atoms. The molecular formula is C29H32ClN3O4S. The number of anilines is 1. The van der Waals surface area contributed by atoms with Crippen LogP contribution in [0.15, 0.2) is 60.0 Å². The molecule has 0 unspecified atom stereocenters. The second-order valence-electron chi connectivity index (χ2n) is 9.68. The minimum absolute atomic E-state index is 0.0490. The van der Waals surface area contributed by atoms with Crippen molar-refractivity contribution in [3.8, 4) is 5.75 Å². The van der Waals surface area contributed by atoms with Crippen molar-refractivity contribution in [3.05, 3.63) is 81.0 Å². The monoisotopic (exact) mass is 553 g/mol. The Kier molecular flexibility index (Phi) is 8.51. The van der Waals surface area contributed by atoms with Crippen molar-refractivity contribution >= 4 is 40.6 Å². The maximum Gasteiger partial charge on any atom is 0.322 e. The van der Waals surface area contributed by atoms with E-state index in [0.29, 0.717) is 37.0 Å². The first-order valence-electron chi connectivity index (χ1n) is 12.9. The van der Waals surface area contributed by atoms with Crippen LogP contribution in [0.2, 0.25) is 5.02 Å². The third kappa shape index (κ3) is 6.31. The van der Waals surface area contributed by atoms with Gasteiger partial charge >= 0.3 is 6.03 Å². The lowest BCUT2D eigenvalue weighted by atomic mass is 10.0. The fourth-order valence-electron chi connectivity index (χ4n) is 5.04. The summed E-state index contributed by atoms with van der Waals surface area (Å²) >= 11 is 7.82. The number of urea groups is 1. The van der Waals surface area contributed by atoms with Crippen molar-refractivity contribution in [2.45, 2.75) is 38.3 Å². The molecule has 1 fully saturated rings. The minimum atomic E-state index is -0.350. The Morgan fingerprint density at radius 3 is 2.87 bits per heavy atom. The molecule has 3 aromatic rings. The maximum absolute atomic E-state index is 13.8. The van der Waals surface area contributed by atoms with Gasteiger partial charge in [0, 0.05) is 35.3 Å². The van der Waals surface area contributed by atoms with Gasteiger partial charge in [-0.2, -0.15) is 0 Å². The van der Waals surface area contributed by atoms with E-state index >= 15 is 0 Å². The molecule has 3 amide bonds. The molecule has 2 aromatic carbocycles. The summed E-state index contributed by atoms with van der Waals surface area (Å²) in [6, 6.07) is 16.4. The Morgan fingerprint density at radius 1 is 1.21 bits per heavy atom. The predicted molar refractivity (Wildman–Crippen MR) is 150 cm³/mol. The highest BCUT2D eigenvalue weighted by atomic mass is 35.5. The molecule has 1 saturated heterocycles. The summed E-state index contributed by atoms with van der Waals surface area (Å²) in [4.78, 5) is 31.8. The highest BCUT2D eigenvalue weighted by Gasteiger charge is 2.34. The van der Waals surface area contributed by atoms with E-state index in [1.54, 1.807) is 40.5 Å². The summed E-state index contributed by atoms with van der Waals surface area (Å²) in [6.45, 7) is 3.91. The zero-order valence-corrected chi connectivity index (χ0v) is 23.0. The van der Waals surface area contributed by atoms with Crippen LogP contribution in [0.1, 0.15) is 34.9 Å². The van der Waals surface area contributed by atoms with Crippen molar-refractivity contribution in [1.29, 1.82) is 0 Å². The Balaban J connectivity index is 1.33. The number of carbonyl (C=O) groups is 2. The topological polar surface area (TPSA) is 71.1 Å². The summed E-state index contributed by atoms with van der Waals surface area (Å²) in [5, 5.41) is 5.49. The number of carbonyl (C=O) groups excluding carboxylic acids is 2. The van der Waals surface area contributed by atoms with Gasteiger partial charge in [-0.25, -0.2) is 4.79 Å². The number of nitrogens with one attached hydrogen (secondary N) is 1. The maximum atomic E-state index is 13.8. The third-order valence-corrected chi connectivity index (χ3v) is 8.27. The Morgan fingerprint density at radius 2 is 2.08 bits per heavy atom. The van der Waals surface area contributed by atoms with Crippen molar-refractivity contribution in [2.75, 3.05) is 38.2 Å². The summed E-state index contributed by atoms with van der Waals surface area (Å²) in [6.07, 6.45) is 2.52. The SMILES string of the molecule is Cc1ccccc1OC[C@H]1c2ccsc2CCN1C(=O)CN(C[C@@H]1CCCO1)C(=O)Nc1cccc(Cl)c1. The molecule has 1 aromatic heterocycles. The molecule has 0 spiro atoms. The average Bonchev–Trinajstić information content (AvgIpc) is 3.60. The molecule has 2 aliphatic rings. The highest BCUT2D eigenvalue weighted by Crippen LogP contribution is 2.34. The van der Waals surface area contributed by atoms with Crippen molar-refractivity contribution in [1.82, 2.24) is 9.80 Å². The number of para-hydroxylation sites is 1. The van der Waals surface area contributed by atoms with Gasteiger partial charge < -0.3 is 24.6 Å². The number of amides is 3. The molecule has 9 heteroatoms. The summed E-state index contributed by atoms with van der Waals surface area (Å²) < 4.78 is 12.0. The first kappa shape index (κ1) is 26.5. The van der Waals surface area contributed by atoms with Gasteiger partial charge in [-0.1, -0.05) is 35.9 Å². The van der Waals surface area contributed by atoms with Crippen molar-refractivity contribution < 1.29 is 19.1 Å². The zero-order chi connectivity index (χ0) is 26.5. The lowest BCUT2D eigenvalue weighted by Crippen LogP contribution is -2.50. The van der Waals surface area contributed by atoms with E-state index in [1.165, 1.54) is 4.88 Å². The molecule has 0 radical (unpaired) electrons. The number of nitrogens with zero attached hydrogens (tertiary/aromatic N) is 2. The van der Waals surface area contributed by atoms with E-state index in [1.807, 2.05) is 36.1 Å². The summed E-state index contributed by atoms with van der Waals surface area (Å²) in [7, 11) is 0. The number of benzene rings is 2. The van der Waals surface area contributed by atoms with E-state index in [0.717, 1.165) is 36.1 Å². The van der Waals surface area contributed by atoms with E-state index in [2.05, 4.69) is 16.8 Å². The van der Waals surface area contributed by atoms with E-state index in [4.69, 9.17) is 21.1 Å². The Bertz CT molecular complexity index is 1280. The zero-order valence-electron chi connectivity index (χ0n) is 21.4. The Labute approximate surface area is 232 Å². The second kappa shape index (κ2) is 12.2. The van der Waals surface area contributed by atoms with Gasteiger partial charge in [-0.05, 0) is 73.0 Å². The molecule has 200 valence electrons. The Hall–Kier alpha value is -3.07. The number of fused-ring (bicyclic) bond motifs is 1. The van der Waals surface area contributed by atoms with Crippen LogP contribution in [0, 0.1) is 6.92 Å². The molecule has 2 atom stereocenters. The molecule has 2 aliphatic heterocycles. The number of ether oxygens (including phenoxy) is 2. The normalized spacial score (nSPS) is 18.6. The molecule has 3 heterocycles. The van der Waals surface area contributed by atoms with Crippen molar-refractivity contribution in [3.63, 3.8) is 0 Å². The van der Waals surface area contributed by atoms with E-state index < -0.39 is 0 Å². The fourth-order valence-corrected chi connectivity index (χ4v) is 6.16. The largest absolute Gasteiger partial charge is 0.491 e. The molecule has 0 aliphatic carbocycles. The van der Waals surface area contributed by atoms with Gasteiger partial charge in [-0.15, -0.1) is 11.3 Å². The van der Waals surface area contributed by atoms with Gasteiger partial charge in [0.2, 0.25) is 5.91 Å². The first-order valence-corrected chi connectivity index (χ1v) is 14.2. The molecule has 7 nitrogen and oxygen atoms in total. The van der Waals surface area contributed by atoms with Gasteiger partial charge in [-0.3, -0.25) is 4.79 Å². The van der Waals surface area contributed by atoms with Crippen LogP contribution in [-0.4, -0.2) is 60.7 Å². The van der Waals surface area contributed by atoms with Crippen molar-refractivity contribution in [2.24, 2.45) is 0 Å². The van der Waals surface area contributed by atoms with Crippen LogP contribution < -0.4 is 10.1 Å². The van der Waals surface area contributed by atoms with Gasteiger partial charge in [0.25, 0.3) is 0 Å². The minimum Gasteiger partial charge on any atom is -0.491 e. The van der Waals surface area contributed by atoms with Gasteiger partial charge in [0.15, 0.2) is 0 Å². The van der Waals surface area contributed by atoms with E-state index in [-0.39, 0.29) is 30.6 Å². The number of halogens is 1. The van der Waals surface area contributed by atoms with Crippen LogP contribution in [0.5, 0.6) is 5.75 Å². The van der Waals surface area contributed by atoms with Gasteiger partial charge in [0.1, 0.15) is 18.9 Å². The molecule has 1 N–H and O–H groups in total. The lowest BCUT2D eigenvalue weighted by molar-refractivity contribution is -0.135. The van der Waals surface area contributed by atoms with Gasteiger partial charge in [0.05, 0.1) is 12.1 Å². The van der Waals surface area contributed by atoms with Crippen LogP contribution in [0.4, 0.5) is 10.5 Å². The molecule has 5 rings (SSSR count). The molecular weight excluding hydrogens is 522 g/mol. The van der Waals surface area contributed by atoms with Crippen LogP contribution in [0.3, 0.4) is 0 Å². The predicted octanol–water partition coefficient (Wildman–Crippen LogP) is 5.93. The third-order valence-electron chi connectivity index (χ3n) is 7.04. The number of hydrogen-bond donors (Lipinski definition) is 1. The van der Waals surface area contributed by atoms with Crippen LogP contribution in [0.25, 0.3) is 0 Å². The smallest absolute Gasteiger partial charge is 0.322 e. The first-order chi connectivity index (χ1) is 18.5. The highest BCUT2D eigenvalue weighted by molar-refractivity contribution is 7.10. The quantitative estimate of drug-likeness (QED) is 0.375. The van der Waals surface area contributed by atoms with Crippen LogP contribution >= 0.6 is 22.9 Å². The number of aryl methyl sites for hydroxylation is 1. The summed E-state index contributed by atoms with van der Waals surface area (Å²) in [5.41, 5.74) is 2.75. The average molecular weight is 554 g/mol. The lowest BCUT2D eigenvalue weighted by Gasteiger charge is -2.37. The molecule has 0 saturated carbocycles. The second-order valence-corrected chi connectivity index (χ2v) is 11.1. The van der Waals surface area contributed by atoms with E-state index in [9.17, 15) is 9.59 Å². The van der Waals surface area contributed by atoms with Crippen LogP contribution in [-0.2, 0) is 16.0 Å². The fraction of sp³-hybridized carbons (Fsp3) is 0.379. The number of thiophene rings is 1. The standard InChI is InChI=1S/C29H32ClN3O4S/c1-20-6-2-3-10-26(20)37-19-25-24-12-15-38-27(24)11-13-33(25)28(34)18-32(17-23-9-5-14-36-23)29(35)31-22-8-4-7-21(30)16-22/h2-4,6-8,10,12,15-16,23,25H,5,9,11,13-14,17-19H2,1H3,(H,31,35)/t23-,25-/m0/s1.